The van der Waals surface area contributed by atoms with Crippen LogP contribution in [0.3, 0.4) is 0 Å². The minimum atomic E-state index is 0.500. The van der Waals surface area contributed by atoms with E-state index >= 15 is 0 Å². The number of aliphatic imine (C=N–C) groups is 1. The van der Waals surface area contributed by atoms with Gasteiger partial charge < -0.3 is 24.7 Å². The summed E-state index contributed by atoms with van der Waals surface area (Å²) in [6, 6.07) is 5.74. The molecule has 0 fully saturated rings. The van der Waals surface area contributed by atoms with Gasteiger partial charge >= 0.3 is 0 Å². The van der Waals surface area contributed by atoms with Gasteiger partial charge in [0.2, 0.25) is 0 Å². The molecule has 3 rings (SSSR count). The lowest BCUT2D eigenvalue weighted by atomic mass is 10.2. The average molecular weight is 358 g/mol. The van der Waals surface area contributed by atoms with E-state index in [2.05, 4.69) is 30.4 Å². The van der Waals surface area contributed by atoms with E-state index in [9.17, 15) is 0 Å². The summed E-state index contributed by atoms with van der Waals surface area (Å²) < 4.78 is 12.9. The van der Waals surface area contributed by atoms with Gasteiger partial charge in [-0.3, -0.25) is 0 Å². The van der Waals surface area contributed by atoms with Crippen LogP contribution in [0, 0.1) is 0 Å². The molecule has 0 bridgehead atoms. The number of rotatable bonds is 7. The lowest BCUT2D eigenvalue weighted by molar-refractivity contribution is 0.391. The van der Waals surface area contributed by atoms with Crippen LogP contribution in [-0.4, -0.2) is 41.5 Å². The molecule has 1 aliphatic heterocycles. The molecule has 0 aliphatic carbocycles. The van der Waals surface area contributed by atoms with Crippen LogP contribution in [0.4, 0.5) is 0 Å². The van der Waals surface area contributed by atoms with Gasteiger partial charge in [0.1, 0.15) is 17.3 Å². The fourth-order valence-corrected chi connectivity index (χ4v) is 2.99. The number of benzene rings is 1. The lowest BCUT2D eigenvalue weighted by Gasteiger charge is -2.12. The second-order valence-corrected chi connectivity index (χ2v) is 6.01. The number of nitrogens with one attached hydrogen (secondary N) is 2. The zero-order valence-electron chi connectivity index (χ0n) is 15.6. The number of hydrogen-bond acceptors (Lipinski definition) is 5. The van der Waals surface area contributed by atoms with Crippen molar-refractivity contribution in [2.24, 2.45) is 4.99 Å². The minimum Gasteiger partial charge on any atom is -0.497 e. The highest BCUT2D eigenvalue weighted by molar-refractivity contribution is 5.79. The van der Waals surface area contributed by atoms with Gasteiger partial charge in [-0.05, 0) is 25.5 Å². The van der Waals surface area contributed by atoms with Gasteiger partial charge in [0.25, 0.3) is 0 Å². The highest BCUT2D eigenvalue weighted by Crippen LogP contribution is 2.25. The van der Waals surface area contributed by atoms with E-state index in [-0.39, 0.29) is 0 Å². The van der Waals surface area contributed by atoms with Crippen molar-refractivity contribution in [3.63, 3.8) is 0 Å². The molecule has 2 heterocycles. The van der Waals surface area contributed by atoms with Crippen LogP contribution in [0.25, 0.3) is 0 Å². The Bertz CT molecular complexity index is 771. The second kappa shape index (κ2) is 8.55. The lowest BCUT2D eigenvalue weighted by Crippen LogP contribution is -2.37. The number of aromatic nitrogens is 3. The van der Waals surface area contributed by atoms with Crippen molar-refractivity contribution in [1.29, 1.82) is 0 Å². The SMILES string of the molecule is CCNC(=NCc1ccc(OC)cc1OC)NCc1nnc2n1CCC2. The summed E-state index contributed by atoms with van der Waals surface area (Å²) in [7, 11) is 3.29. The predicted octanol–water partition coefficient (Wildman–Crippen LogP) is 1.50. The Morgan fingerprint density at radius 3 is 2.88 bits per heavy atom. The molecular weight excluding hydrogens is 332 g/mol. The molecule has 0 amide bonds. The van der Waals surface area contributed by atoms with Gasteiger partial charge in [-0.1, -0.05) is 0 Å². The molecule has 0 saturated carbocycles. The van der Waals surface area contributed by atoms with Crippen LogP contribution in [0.15, 0.2) is 23.2 Å². The standard InChI is InChI=1S/C18H26N6O2/c1-4-19-18(21-12-17-23-22-16-6-5-9-24(16)17)20-11-13-7-8-14(25-2)10-15(13)26-3/h7-8,10H,4-6,9,11-12H2,1-3H3,(H2,19,20,21). The van der Waals surface area contributed by atoms with Crippen molar-refractivity contribution >= 4 is 5.96 Å². The van der Waals surface area contributed by atoms with E-state index in [1.165, 1.54) is 0 Å². The molecule has 0 saturated heterocycles. The monoisotopic (exact) mass is 358 g/mol. The number of aryl methyl sites for hydroxylation is 1. The van der Waals surface area contributed by atoms with Crippen LogP contribution < -0.4 is 20.1 Å². The van der Waals surface area contributed by atoms with E-state index < -0.39 is 0 Å². The highest BCUT2D eigenvalue weighted by atomic mass is 16.5. The van der Waals surface area contributed by atoms with Crippen molar-refractivity contribution in [2.75, 3.05) is 20.8 Å². The second-order valence-electron chi connectivity index (χ2n) is 6.01. The van der Waals surface area contributed by atoms with E-state index in [1.807, 2.05) is 25.1 Å². The first-order valence-corrected chi connectivity index (χ1v) is 8.89. The zero-order valence-corrected chi connectivity index (χ0v) is 15.6. The Morgan fingerprint density at radius 2 is 2.12 bits per heavy atom. The highest BCUT2D eigenvalue weighted by Gasteiger charge is 2.17. The summed E-state index contributed by atoms with van der Waals surface area (Å²) in [6.07, 6.45) is 2.15. The van der Waals surface area contributed by atoms with Gasteiger partial charge in [-0.25, -0.2) is 4.99 Å². The van der Waals surface area contributed by atoms with Gasteiger partial charge in [-0.15, -0.1) is 10.2 Å². The summed E-state index contributed by atoms with van der Waals surface area (Å²) in [5.41, 5.74) is 0.994. The van der Waals surface area contributed by atoms with Crippen LogP contribution in [0.5, 0.6) is 11.5 Å². The van der Waals surface area contributed by atoms with Crippen molar-refractivity contribution < 1.29 is 9.47 Å². The molecule has 1 aliphatic rings. The number of fused-ring (bicyclic) bond motifs is 1. The summed E-state index contributed by atoms with van der Waals surface area (Å²) in [4.78, 5) is 4.66. The fourth-order valence-electron chi connectivity index (χ4n) is 2.99. The van der Waals surface area contributed by atoms with E-state index in [0.717, 1.165) is 60.6 Å². The number of ether oxygens (including phenoxy) is 2. The van der Waals surface area contributed by atoms with Crippen LogP contribution >= 0.6 is 0 Å². The average Bonchev–Trinajstić information content (AvgIpc) is 3.28. The Labute approximate surface area is 153 Å². The zero-order chi connectivity index (χ0) is 18.4. The molecule has 2 aromatic rings. The third-order valence-electron chi connectivity index (χ3n) is 4.35. The molecular formula is C18H26N6O2. The summed E-state index contributed by atoms with van der Waals surface area (Å²) >= 11 is 0. The molecule has 0 atom stereocenters. The van der Waals surface area contributed by atoms with Gasteiger partial charge in [0.15, 0.2) is 11.8 Å². The maximum Gasteiger partial charge on any atom is 0.191 e. The molecule has 1 aromatic carbocycles. The Balaban J connectivity index is 1.67. The van der Waals surface area contributed by atoms with Gasteiger partial charge in [0, 0.05) is 31.1 Å². The smallest absolute Gasteiger partial charge is 0.191 e. The summed E-state index contributed by atoms with van der Waals surface area (Å²) in [6.45, 7) is 4.92. The normalized spacial score (nSPS) is 13.4. The quantitative estimate of drug-likeness (QED) is 0.576. The molecule has 0 radical (unpaired) electrons. The molecule has 140 valence electrons. The van der Waals surface area contributed by atoms with Crippen LogP contribution in [-0.2, 0) is 26.1 Å². The van der Waals surface area contributed by atoms with Crippen LogP contribution in [0.1, 0.15) is 30.6 Å². The first-order chi connectivity index (χ1) is 12.7. The molecule has 0 spiro atoms. The maximum absolute atomic E-state index is 5.44. The largest absolute Gasteiger partial charge is 0.497 e. The number of guanidine groups is 1. The van der Waals surface area contributed by atoms with E-state index in [0.29, 0.717) is 13.1 Å². The third kappa shape index (κ3) is 4.07. The third-order valence-corrected chi connectivity index (χ3v) is 4.35. The summed E-state index contributed by atoms with van der Waals surface area (Å²) in [5, 5.41) is 15.1. The molecule has 26 heavy (non-hydrogen) atoms. The van der Waals surface area contributed by atoms with E-state index in [1.54, 1.807) is 14.2 Å². The first-order valence-electron chi connectivity index (χ1n) is 8.89. The van der Waals surface area contributed by atoms with E-state index in [4.69, 9.17) is 9.47 Å². The first kappa shape index (κ1) is 18.0. The Morgan fingerprint density at radius 1 is 1.23 bits per heavy atom. The molecule has 8 nitrogen and oxygen atoms in total. The Hall–Kier alpha value is -2.77. The fraction of sp³-hybridized carbons (Fsp3) is 0.500. The molecule has 8 heteroatoms. The van der Waals surface area contributed by atoms with Crippen molar-refractivity contribution in [3.8, 4) is 11.5 Å². The van der Waals surface area contributed by atoms with Crippen LogP contribution in [0.2, 0.25) is 0 Å². The topological polar surface area (TPSA) is 85.6 Å². The number of hydrogen-bond donors (Lipinski definition) is 2. The maximum atomic E-state index is 5.44. The molecule has 2 N–H and O–H groups in total. The molecule has 0 unspecified atom stereocenters. The predicted molar refractivity (Wildman–Crippen MR) is 99.5 cm³/mol. The van der Waals surface area contributed by atoms with Crippen molar-refractivity contribution in [2.45, 2.75) is 39.4 Å². The number of nitrogens with zero attached hydrogens (tertiary/aromatic N) is 4. The van der Waals surface area contributed by atoms with Gasteiger partial charge in [-0.2, -0.15) is 0 Å². The Kier molecular flexibility index (Phi) is 5.93. The van der Waals surface area contributed by atoms with Crippen molar-refractivity contribution in [1.82, 2.24) is 25.4 Å². The summed E-state index contributed by atoms with van der Waals surface area (Å²) in [5.74, 6) is 4.29. The minimum absolute atomic E-state index is 0.500. The molecule has 1 aromatic heterocycles. The van der Waals surface area contributed by atoms with Gasteiger partial charge in [0.05, 0.1) is 27.3 Å². The van der Waals surface area contributed by atoms with Crippen molar-refractivity contribution in [3.05, 3.63) is 35.4 Å². The number of methoxy groups -OCH3 is 2.